The number of hydrogen-bond donors (Lipinski definition) is 2. The maximum Gasteiger partial charge on any atom is 0.416 e. The zero-order valence-corrected chi connectivity index (χ0v) is 13.4. The molecule has 0 unspecified atom stereocenters. The lowest BCUT2D eigenvalue weighted by Crippen LogP contribution is -2.09. The third-order valence-electron chi connectivity index (χ3n) is 3.85. The van der Waals surface area contributed by atoms with Crippen LogP contribution in [-0.2, 0) is 19.0 Å². The van der Waals surface area contributed by atoms with E-state index in [1.807, 2.05) is 0 Å². The molecule has 0 saturated heterocycles. The van der Waals surface area contributed by atoms with Crippen molar-refractivity contribution in [3.63, 3.8) is 0 Å². The molecule has 0 atom stereocenters. The number of pyridine rings is 1. The molecule has 5 nitrogen and oxygen atoms in total. The van der Waals surface area contributed by atoms with Gasteiger partial charge in [-0.2, -0.15) is 13.2 Å². The first kappa shape index (κ1) is 17.7. The normalized spacial score (nSPS) is 11.5. The van der Waals surface area contributed by atoms with Gasteiger partial charge in [-0.15, -0.1) is 0 Å². The van der Waals surface area contributed by atoms with E-state index < -0.39 is 17.7 Å². The number of halogens is 3. The van der Waals surface area contributed by atoms with Crippen molar-refractivity contribution in [1.29, 1.82) is 0 Å². The van der Waals surface area contributed by atoms with Crippen LogP contribution in [0.25, 0.3) is 11.4 Å². The van der Waals surface area contributed by atoms with E-state index in [4.69, 9.17) is 5.11 Å². The summed E-state index contributed by atoms with van der Waals surface area (Å²) in [6.45, 7) is 0. The Morgan fingerprint density at radius 3 is 2.62 bits per heavy atom. The second kappa shape index (κ2) is 6.99. The summed E-state index contributed by atoms with van der Waals surface area (Å²) in [5.74, 6) is -0.576. The zero-order valence-electron chi connectivity index (χ0n) is 13.4. The number of alkyl halides is 3. The standard InChI is InChI=1S/C18H14F3N3O2/c19-18(20,21)13-4-2-1-3-11(13)5-6-16-23-10-15(24-16)14-9-12(17(25)26)7-8-22-14/h1-4,7-10H,5-6H2,(H,23,24)(H,25,26). The van der Waals surface area contributed by atoms with E-state index in [0.29, 0.717) is 17.2 Å². The SMILES string of the molecule is O=C(O)c1ccnc(-c2c[nH]c(CCc3ccccc3C(F)(F)F)n2)c1. The van der Waals surface area contributed by atoms with Gasteiger partial charge in [-0.05, 0) is 30.2 Å². The van der Waals surface area contributed by atoms with E-state index in [2.05, 4.69) is 15.0 Å². The number of carboxylic acids is 1. The molecule has 134 valence electrons. The van der Waals surface area contributed by atoms with Gasteiger partial charge >= 0.3 is 12.1 Å². The van der Waals surface area contributed by atoms with Gasteiger partial charge in [-0.25, -0.2) is 9.78 Å². The highest BCUT2D eigenvalue weighted by Crippen LogP contribution is 2.32. The Kier molecular flexibility index (Phi) is 4.75. The number of aromatic amines is 1. The lowest BCUT2D eigenvalue weighted by Gasteiger charge is -2.11. The Morgan fingerprint density at radius 2 is 1.88 bits per heavy atom. The predicted molar refractivity (Wildman–Crippen MR) is 87.6 cm³/mol. The molecule has 3 aromatic rings. The Bertz CT molecular complexity index is 935. The van der Waals surface area contributed by atoms with Crippen molar-refractivity contribution in [1.82, 2.24) is 15.0 Å². The van der Waals surface area contributed by atoms with Crippen LogP contribution in [0.1, 0.15) is 27.3 Å². The summed E-state index contributed by atoms with van der Waals surface area (Å²) >= 11 is 0. The largest absolute Gasteiger partial charge is 0.478 e. The lowest BCUT2D eigenvalue weighted by molar-refractivity contribution is -0.138. The second-order valence-corrected chi connectivity index (χ2v) is 5.62. The maximum atomic E-state index is 13.0. The minimum absolute atomic E-state index is 0.0821. The second-order valence-electron chi connectivity index (χ2n) is 5.62. The predicted octanol–water partition coefficient (Wildman–Crippen LogP) is 3.97. The number of carboxylic acid groups (broad SMARTS) is 1. The van der Waals surface area contributed by atoms with Crippen molar-refractivity contribution >= 4 is 5.97 Å². The molecule has 1 aromatic carbocycles. The number of aromatic nitrogens is 3. The molecule has 0 fully saturated rings. The third kappa shape index (κ3) is 3.90. The zero-order chi connectivity index (χ0) is 18.7. The lowest BCUT2D eigenvalue weighted by atomic mass is 10.0. The molecule has 0 aliphatic heterocycles. The molecule has 2 N–H and O–H groups in total. The van der Waals surface area contributed by atoms with Gasteiger partial charge in [0, 0.05) is 18.8 Å². The van der Waals surface area contributed by atoms with Crippen molar-refractivity contribution < 1.29 is 23.1 Å². The van der Waals surface area contributed by atoms with E-state index in [-0.39, 0.29) is 24.0 Å². The summed E-state index contributed by atoms with van der Waals surface area (Å²) in [7, 11) is 0. The third-order valence-corrected chi connectivity index (χ3v) is 3.85. The van der Waals surface area contributed by atoms with Crippen LogP contribution in [0, 0.1) is 0 Å². The molecular weight excluding hydrogens is 347 g/mol. The van der Waals surface area contributed by atoms with Gasteiger partial charge in [0.25, 0.3) is 0 Å². The fraction of sp³-hybridized carbons (Fsp3) is 0.167. The smallest absolute Gasteiger partial charge is 0.416 e. The van der Waals surface area contributed by atoms with Crippen LogP contribution >= 0.6 is 0 Å². The van der Waals surface area contributed by atoms with Crippen molar-refractivity contribution in [2.24, 2.45) is 0 Å². The van der Waals surface area contributed by atoms with E-state index >= 15 is 0 Å². The highest BCUT2D eigenvalue weighted by atomic mass is 19.4. The van der Waals surface area contributed by atoms with Gasteiger partial charge < -0.3 is 10.1 Å². The fourth-order valence-corrected chi connectivity index (χ4v) is 2.59. The van der Waals surface area contributed by atoms with Gasteiger partial charge in [-0.3, -0.25) is 4.98 Å². The Hall–Kier alpha value is -3.16. The highest BCUT2D eigenvalue weighted by Gasteiger charge is 2.32. The Labute approximate surface area is 146 Å². The van der Waals surface area contributed by atoms with Gasteiger partial charge in [0.05, 0.1) is 16.8 Å². The molecule has 0 radical (unpaired) electrons. The van der Waals surface area contributed by atoms with E-state index in [0.717, 1.165) is 6.07 Å². The summed E-state index contributed by atoms with van der Waals surface area (Å²) in [6.07, 6.45) is -1.02. The molecule has 0 spiro atoms. The molecule has 0 aliphatic carbocycles. The number of aryl methyl sites for hydroxylation is 2. The molecule has 3 rings (SSSR count). The van der Waals surface area contributed by atoms with Crippen LogP contribution in [0.3, 0.4) is 0 Å². The first-order valence-corrected chi connectivity index (χ1v) is 7.73. The van der Waals surface area contributed by atoms with Crippen LogP contribution in [0.4, 0.5) is 13.2 Å². The number of carbonyl (C=O) groups is 1. The number of H-pyrrole nitrogens is 1. The molecule has 2 aromatic heterocycles. The number of benzene rings is 1. The molecule has 8 heteroatoms. The van der Waals surface area contributed by atoms with Crippen LogP contribution in [0.2, 0.25) is 0 Å². The molecule has 26 heavy (non-hydrogen) atoms. The summed E-state index contributed by atoms with van der Waals surface area (Å²) < 4.78 is 39.1. The quantitative estimate of drug-likeness (QED) is 0.721. The van der Waals surface area contributed by atoms with Crippen molar-refractivity contribution in [2.75, 3.05) is 0 Å². The van der Waals surface area contributed by atoms with E-state index in [9.17, 15) is 18.0 Å². The monoisotopic (exact) mass is 361 g/mol. The van der Waals surface area contributed by atoms with Crippen molar-refractivity contribution in [3.8, 4) is 11.4 Å². The molecule has 0 bridgehead atoms. The van der Waals surface area contributed by atoms with E-state index in [1.165, 1.54) is 30.5 Å². The molecule has 2 heterocycles. The number of imidazole rings is 1. The molecule has 0 aliphatic rings. The number of nitrogens with zero attached hydrogens (tertiary/aromatic N) is 2. The van der Waals surface area contributed by atoms with E-state index in [1.54, 1.807) is 12.3 Å². The average Bonchev–Trinajstić information content (AvgIpc) is 3.08. The number of rotatable bonds is 5. The summed E-state index contributed by atoms with van der Waals surface area (Å²) in [5, 5.41) is 9.02. The molecular formula is C18H14F3N3O2. The minimum Gasteiger partial charge on any atom is -0.478 e. The maximum absolute atomic E-state index is 13.0. The first-order valence-electron chi connectivity index (χ1n) is 7.73. The highest BCUT2D eigenvalue weighted by molar-refractivity contribution is 5.88. The summed E-state index contributed by atoms with van der Waals surface area (Å²) in [4.78, 5) is 22.3. The number of aromatic carboxylic acids is 1. The van der Waals surface area contributed by atoms with Crippen LogP contribution < -0.4 is 0 Å². The number of nitrogens with one attached hydrogen (secondary N) is 1. The van der Waals surface area contributed by atoms with Gasteiger partial charge in [0.1, 0.15) is 11.5 Å². The van der Waals surface area contributed by atoms with Crippen LogP contribution in [0.5, 0.6) is 0 Å². The fourth-order valence-electron chi connectivity index (χ4n) is 2.59. The Morgan fingerprint density at radius 1 is 1.12 bits per heavy atom. The van der Waals surface area contributed by atoms with Gasteiger partial charge in [-0.1, -0.05) is 18.2 Å². The Balaban J connectivity index is 1.76. The van der Waals surface area contributed by atoms with Crippen LogP contribution in [0.15, 0.2) is 48.8 Å². The molecule has 0 saturated carbocycles. The van der Waals surface area contributed by atoms with Crippen LogP contribution in [-0.4, -0.2) is 26.0 Å². The van der Waals surface area contributed by atoms with Gasteiger partial charge in [0.2, 0.25) is 0 Å². The van der Waals surface area contributed by atoms with Crippen molar-refractivity contribution in [3.05, 3.63) is 71.3 Å². The number of hydrogen-bond acceptors (Lipinski definition) is 3. The minimum atomic E-state index is -4.40. The topological polar surface area (TPSA) is 78.9 Å². The van der Waals surface area contributed by atoms with Crippen molar-refractivity contribution in [2.45, 2.75) is 19.0 Å². The summed E-state index contributed by atoms with van der Waals surface area (Å²) in [5.41, 5.74) is 0.445. The average molecular weight is 361 g/mol. The molecule has 0 amide bonds. The van der Waals surface area contributed by atoms with Gasteiger partial charge in [0.15, 0.2) is 0 Å². The summed E-state index contributed by atoms with van der Waals surface area (Å²) in [6, 6.07) is 8.20. The first-order chi connectivity index (χ1) is 12.3.